The standard InChI is InChI=1S/C43H58N6O15S3/c1-26(50)40(27(2)51)47-41(60)31(23-44-35(55)24-64-25-36(56)45-29-8-5-28(6-9-29)7-10-37(57)48-16-12-38(48)58)46-34(54)13-18-63-20-19-62-17-3-4-30(52)11-15-49-39(59)22-33(42(49)61)65-21-14-32(53)43-66-67-43/h5-6,8-9,26,31,33,40,43,50H,3-4,7,10-25H2,1-2H3,(H,44,55)(H,45,56)(H,46,54)(H,47,60)/t26-,31?,33?,40+/m1/s1. The maximum Gasteiger partial charge on any atom is 0.250 e. The molecular formula is C43H58N6O15S3. The molecule has 24 heteroatoms. The van der Waals surface area contributed by atoms with Crippen LogP contribution in [0.5, 0.6) is 0 Å². The van der Waals surface area contributed by atoms with Gasteiger partial charge in [0.25, 0.3) is 0 Å². The van der Waals surface area contributed by atoms with Crippen molar-refractivity contribution in [3.8, 4) is 0 Å². The lowest BCUT2D eigenvalue weighted by molar-refractivity contribution is -0.152. The number of benzene rings is 1. The van der Waals surface area contributed by atoms with Crippen LogP contribution in [0, 0.1) is 0 Å². The summed E-state index contributed by atoms with van der Waals surface area (Å²) in [5.41, 5.74) is 1.28. The molecule has 3 aliphatic rings. The maximum absolute atomic E-state index is 13.1. The number of aliphatic hydroxyl groups is 1. The lowest BCUT2D eigenvalue weighted by Gasteiger charge is -2.28. The van der Waals surface area contributed by atoms with Crippen LogP contribution in [0.15, 0.2) is 24.3 Å². The zero-order valence-electron chi connectivity index (χ0n) is 37.4. The summed E-state index contributed by atoms with van der Waals surface area (Å²) < 4.78 is 16.2. The molecule has 21 nitrogen and oxygen atoms in total. The summed E-state index contributed by atoms with van der Waals surface area (Å²) in [5.74, 6) is -3.89. The van der Waals surface area contributed by atoms with Crippen molar-refractivity contribution in [3.63, 3.8) is 0 Å². The first-order valence-corrected chi connectivity index (χ1v) is 25.2. The number of anilines is 1. The Labute approximate surface area is 399 Å². The van der Waals surface area contributed by atoms with E-state index >= 15 is 0 Å². The van der Waals surface area contributed by atoms with Crippen molar-refractivity contribution in [1.82, 2.24) is 25.8 Å². The summed E-state index contributed by atoms with van der Waals surface area (Å²) in [4.78, 5) is 138. The van der Waals surface area contributed by atoms with E-state index in [0.29, 0.717) is 43.7 Å². The van der Waals surface area contributed by atoms with E-state index in [1.54, 1.807) is 24.3 Å². The zero-order valence-corrected chi connectivity index (χ0v) is 39.9. The quantitative estimate of drug-likeness (QED) is 0.0205. The molecule has 0 saturated carbocycles. The second kappa shape index (κ2) is 28.6. The lowest BCUT2D eigenvalue weighted by Crippen LogP contribution is -2.57. The monoisotopic (exact) mass is 994 g/mol. The van der Waals surface area contributed by atoms with Crippen molar-refractivity contribution < 1.29 is 72.1 Å². The molecule has 0 radical (unpaired) electrons. The third-order valence-corrected chi connectivity index (χ3v) is 13.7. The highest BCUT2D eigenvalue weighted by Gasteiger charge is 2.39. The molecule has 368 valence electrons. The fourth-order valence-electron chi connectivity index (χ4n) is 6.50. The average Bonchev–Trinajstić information content (AvgIpc) is 4.10. The highest BCUT2D eigenvalue weighted by atomic mass is 33.2. The Balaban J connectivity index is 1.07. The molecule has 5 N–H and O–H groups in total. The van der Waals surface area contributed by atoms with Crippen molar-refractivity contribution in [2.45, 2.75) is 99.7 Å². The molecule has 3 fully saturated rings. The molecule has 1 aromatic rings. The molecule has 0 spiro atoms. The van der Waals surface area contributed by atoms with E-state index in [0.717, 1.165) is 10.5 Å². The summed E-state index contributed by atoms with van der Waals surface area (Å²) in [7, 11) is 3.04. The number of Topliss-reactive ketones (excluding diaryl/α,β-unsaturated/α-hetero) is 3. The predicted octanol–water partition coefficient (Wildman–Crippen LogP) is 0.0925. The van der Waals surface area contributed by atoms with Gasteiger partial charge in [0.05, 0.1) is 31.2 Å². The number of β-lactam (4-membered cyclic amide) rings is 1. The molecule has 3 aliphatic heterocycles. The van der Waals surface area contributed by atoms with Crippen molar-refractivity contribution in [1.29, 1.82) is 0 Å². The van der Waals surface area contributed by atoms with Gasteiger partial charge in [-0.3, -0.25) is 62.5 Å². The summed E-state index contributed by atoms with van der Waals surface area (Å²) in [6.07, 6.45) is 0.580. The lowest BCUT2D eigenvalue weighted by atomic mass is 10.1. The normalized spacial score (nSPS) is 17.0. The van der Waals surface area contributed by atoms with Gasteiger partial charge in [-0.25, -0.2) is 0 Å². The molecule has 1 aromatic carbocycles. The van der Waals surface area contributed by atoms with Gasteiger partial charge in [-0.05, 0) is 44.4 Å². The van der Waals surface area contributed by atoms with Crippen molar-refractivity contribution in [3.05, 3.63) is 29.8 Å². The summed E-state index contributed by atoms with van der Waals surface area (Å²) >= 11 is 1.30. The van der Waals surface area contributed by atoms with Gasteiger partial charge < -0.3 is 40.6 Å². The van der Waals surface area contributed by atoms with Gasteiger partial charge in [0.15, 0.2) is 11.6 Å². The van der Waals surface area contributed by atoms with Crippen LogP contribution >= 0.6 is 33.3 Å². The number of imide groups is 2. The van der Waals surface area contributed by atoms with E-state index in [4.69, 9.17) is 14.2 Å². The smallest absolute Gasteiger partial charge is 0.250 e. The number of hydrogen-bond donors (Lipinski definition) is 5. The van der Waals surface area contributed by atoms with E-state index in [1.807, 2.05) is 0 Å². The predicted molar refractivity (Wildman–Crippen MR) is 246 cm³/mol. The third kappa shape index (κ3) is 19.8. The number of carbonyl (C=O) groups is 11. The van der Waals surface area contributed by atoms with Gasteiger partial charge in [0.2, 0.25) is 47.3 Å². The molecule has 8 amide bonds. The van der Waals surface area contributed by atoms with Crippen LogP contribution in [0.25, 0.3) is 0 Å². The van der Waals surface area contributed by atoms with E-state index in [1.165, 1.54) is 52.1 Å². The number of ether oxygens (including phenoxy) is 3. The molecule has 4 rings (SSSR count). The Bertz CT molecular complexity index is 1970. The highest BCUT2D eigenvalue weighted by Crippen LogP contribution is 2.54. The average molecular weight is 995 g/mol. The molecule has 4 atom stereocenters. The summed E-state index contributed by atoms with van der Waals surface area (Å²) in [5, 5.41) is 19.4. The molecule has 0 aliphatic carbocycles. The first-order chi connectivity index (χ1) is 32.0. The van der Waals surface area contributed by atoms with Crippen LogP contribution in [-0.2, 0) is 73.4 Å². The van der Waals surface area contributed by atoms with Crippen LogP contribution in [0.1, 0.15) is 70.8 Å². The van der Waals surface area contributed by atoms with Crippen molar-refractivity contribution >= 4 is 104 Å². The van der Waals surface area contributed by atoms with Gasteiger partial charge in [0, 0.05) is 82.6 Å². The Kier molecular flexibility index (Phi) is 23.4. The van der Waals surface area contributed by atoms with Gasteiger partial charge in [-0.1, -0.05) is 33.7 Å². The number of carbonyl (C=O) groups excluding carboxylic acids is 11. The second-order valence-corrected chi connectivity index (χ2v) is 19.8. The molecule has 67 heavy (non-hydrogen) atoms. The number of nitrogens with zero attached hydrogens (tertiary/aromatic N) is 2. The number of likely N-dealkylation sites (tertiary alicyclic amines) is 2. The molecule has 0 aromatic heterocycles. The van der Waals surface area contributed by atoms with Gasteiger partial charge in [-0.2, -0.15) is 0 Å². The minimum absolute atomic E-state index is 0.00436. The molecule has 3 saturated heterocycles. The van der Waals surface area contributed by atoms with E-state index in [-0.39, 0.29) is 105 Å². The summed E-state index contributed by atoms with van der Waals surface area (Å²) in [6, 6.07) is 4.07. The number of hydrogen-bond acceptors (Lipinski definition) is 18. The Morgan fingerprint density at radius 3 is 2.16 bits per heavy atom. The number of amides is 8. The first kappa shape index (κ1) is 54.9. The second-order valence-electron chi connectivity index (χ2n) is 15.7. The molecule has 2 unspecified atom stereocenters. The van der Waals surface area contributed by atoms with Crippen molar-refractivity contribution in [2.75, 3.05) is 70.3 Å². The minimum atomic E-state index is -1.38. The number of rotatable bonds is 33. The first-order valence-electron chi connectivity index (χ1n) is 21.8. The minimum Gasteiger partial charge on any atom is -0.391 e. The van der Waals surface area contributed by atoms with E-state index in [2.05, 4.69) is 21.3 Å². The molecule has 3 heterocycles. The Morgan fingerprint density at radius 2 is 1.52 bits per heavy atom. The molecule has 0 bridgehead atoms. The van der Waals surface area contributed by atoms with Crippen LogP contribution in [0.2, 0.25) is 0 Å². The van der Waals surface area contributed by atoms with Gasteiger partial charge in [0.1, 0.15) is 35.7 Å². The number of aliphatic hydroxyl groups excluding tert-OH is 1. The topological polar surface area (TPSA) is 290 Å². The third-order valence-electron chi connectivity index (χ3n) is 10.4. The Morgan fingerprint density at radius 1 is 0.821 bits per heavy atom. The number of aryl methyl sites for hydroxylation is 1. The van der Waals surface area contributed by atoms with Crippen molar-refractivity contribution in [2.24, 2.45) is 0 Å². The number of thioether (sulfide) groups is 1. The van der Waals surface area contributed by atoms with Gasteiger partial charge >= 0.3 is 0 Å². The SMILES string of the molecule is CC(=O)[C@@H](NC(=O)C(CNC(=O)COCC(=O)Nc1ccc(CCC(=O)N2CCC2=O)cc1)NC(=O)CCOCCOCCCC(=O)CCN1C(=O)CC(SCCC(=O)C2SS2)C1=O)[C@@H](C)O. The maximum atomic E-state index is 13.1. The van der Waals surface area contributed by atoms with E-state index in [9.17, 15) is 57.8 Å². The van der Waals surface area contributed by atoms with E-state index < -0.39 is 72.6 Å². The summed E-state index contributed by atoms with van der Waals surface area (Å²) in [6.45, 7) is 1.87. The Hall–Kier alpha value is -4.72. The largest absolute Gasteiger partial charge is 0.391 e. The number of nitrogens with one attached hydrogen (secondary N) is 4. The number of ketones is 3. The van der Waals surface area contributed by atoms with Crippen LogP contribution < -0.4 is 21.3 Å². The van der Waals surface area contributed by atoms with Crippen LogP contribution in [0.3, 0.4) is 0 Å². The molecular weight excluding hydrogens is 937 g/mol. The zero-order chi connectivity index (χ0) is 48.9. The fourth-order valence-corrected chi connectivity index (χ4v) is 8.95. The highest BCUT2D eigenvalue weighted by molar-refractivity contribution is 8.93. The van der Waals surface area contributed by atoms with Gasteiger partial charge in [-0.15, -0.1) is 11.8 Å². The van der Waals surface area contributed by atoms with Crippen LogP contribution in [0.4, 0.5) is 5.69 Å². The fraction of sp³-hybridized carbons (Fsp3) is 0.605. The van der Waals surface area contributed by atoms with Crippen LogP contribution in [-0.4, -0.2) is 173 Å².